The van der Waals surface area contributed by atoms with Crippen molar-refractivity contribution >= 4 is 5.97 Å². The van der Waals surface area contributed by atoms with Crippen molar-refractivity contribution in [2.75, 3.05) is 26.7 Å². The summed E-state index contributed by atoms with van der Waals surface area (Å²) in [5.41, 5.74) is -0.387. The number of esters is 1. The summed E-state index contributed by atoms with van der Waals surface area (Å²) in [5.74, 6) is -0.136. The fraction of sp³-hybridized carbons (Fsp3) is 0.917. The highest BCUT2D eigenvalue weighted by Gasteiger charge is 2.23. The molecule has 0 atom stereocenters. The van der Waals surface area contributed by atoms with Crippen LogP contribution < -0.4 is 0 Å². The van der Waals surface area contributed by atoms with Gasteiger partial charge < -0.3 is 9.47 Å². The summed E-state index contributed by atoms with van der Waals surface area (Å²) in [4.78, 5) is 13.7. The van der Waals surface area contributed by atoms with E-state index < -0.39 is 0 Å². The van der Waals surface area contributed by atoms with Crippen molar-refractivity contribution in [2.45, 2.75) is 45.3 Å². The molecule has 0 aromatic rings. The summed E-state index contributed by atoms with van der Waals surface area (Å²) >= 11 is 0. The van der Waals surface area contributed by atoms with Crippen LogP contribution in [0.3, 0.4) is 0 Å². The molecule has 0 N–H and O–H groups in total. The fourth-order valence-corrected chi connectivity index (χ4v) is 1.86. The molecule has 0 saturated carbocycles. The van der Waals surface area contributed by atoms with E-state index >= 15 is 0 Å². The van der Waals surface area contributed by atoms with E-state index in [0.717, 1.165) is 25.9 Å². The summed E-state index contributed by atoms with van der Waals surface area (Å²) in [7, 11) is 1.74. The molecule has 0 aromatic carbocycles. The highest BCUT2D eigenvalue weighted by molar-refractivity contribution is 5.72. The topological polar surface area (TPSA) is 38.8 Å². The van der Waals surface area contributed by atoms with E-state index in [4.69, 9.17) is 9.47 Å². The Morgan fingerprint density at radius 2 is 1.88 bits per heavy atom. The third kappa shape index (κ3) is 4.94. The zero-order valence-electron chi connectivity index (χ0n) is 10.8. The van der Waals surface area contributed by atoms with Crippen molar-refractivity contribution in [3.63, 3.8) is 0 Å². The molecule has 0 amide bonds. The van der Waals surface area contributed by atoms with E-state index in [0.29, 0.717) is 12.6 Å². The summed E-state index contributed by atoms with van der Waals surface area (Å²) in [6.45, 7) is 7.90. The third-order valence-electron chi connectivity index (χ3n) is 2.64. The lowest BCUT2D eigenvalue weighted by atomic mass is 10.1. The molecule has 0 bridgehead atoms. The third-order valence-corrected chi connectivity index (χ3v) is 2.64. The van der Waals surface area contributed by atoms with Crippen LogP contribution in [0.1, 0.15) is 33.6 Å². The van der Waals surface area contributed by atoms with Gasteiger partial charge in [-0.2, -0.15) is 0 Å². The zero-order chi connectivity index (χ0) is 12.2. The van der Waals surface area contributed by atoms with Crippen LogP contribution in [-0.2, 0) is 14.3 Å². The van der Waals surface area contributed by atoms with E-state index in [-0.39, 0.29) is 11.6 Å². The van der Waals surface area contributed by atoms with E-state index in [1.165, 1.54) is 0 Å². The quantitative estimate of drug-likeness (QED) is 0.686. The van der Waals surface area contributed by atoms with Crippen LogP contribution in [0.5, 0.6) is 0 Å². The molecule has 1 heterocycles. The van der Waals surface area contributed by atoms with Gasteiger partial charge in [-0.15, -0.1) is 0 Å². The molecule has 0 aliphatic carbocycles. The number of hydrogen-bond acceptors (Lipinski definition) is 4. The van der Waals surface area contributed by atoms with Crippen LogP contribution in [-0.4, -0.2) is 49.3 Å². The first-order valence-electron chi connectivity index (χ1n) is 5.88. The molecule has 0 radical (unpaired) electrons. The van der Waals surface area contributed by atoms with Gasteiger partial charge in [0.2, 0.25) is 0 Å². The van der Waals surface area contributed by atoms with Crippen LogP contribution >= 0.6 is 0 Å². The van der Waals surface area contributed by atoms with Gasteiger partial charge in [0.05, 0.1) is 12.6 Å². The molecule has 0 unspecified atom stereocenters. The molecule has 1 saturated heterocycles. The van der Waals surface area contributed by atoms with Crippen LogP contribution in [0, 0.1) is 0 Å². The highest BCUT2D eigenvalue weighted by Crippen LogP contribution is 2.13. The molecule has 1 aliphatic heterocycles. The molecule has 16 heavy (non-hydrogen) atoms. The Labute approximate surface area is 97.9 Å². The molecule has 94 valence electrons. The largest absolute Gasteiger partial charge is 0.459 e. The van der Waals surface area contributed by atoms with Gasteiger partial charge in [-0.25, -0.2) is 0 Å². The molecular formula is C12H23NO3. The maximum atomic E-state index is 11.6. The maximum Gasteiger partial charge on any atom is 0.320 e. The normalized spacial score (nSPS) is 19.8. The number of piperidine rings is 1. The summed E-state index contributed by atoms with van der Waals surface area (Å²) in [6.07, 6.45) is 2.35. The van der Waals surface area contributed by atoms with Crippen molar-refractivity contribution in [3.05, 3.63) is 0 Å². The minimum Gasteiger partial charge on any atom is -0.459 e. The monoisotopic (exact) mass is 229 g/mol. The Morgan fingerprint density at radius 1 is 1.31 bits per heavy atom. The molecule has 0 spiro atoms. The first kappa shape index (κ1) is 13.5. The van der Waals surface area contributed by atoms with Gasteiger partial charge in [0, 0.05) is 20.2 Å². The molecule has 1 aliphatic rings. The Kier molecular flexibility index (Phi) is 4.74. The second kappa shape index (κ2) is 5.64. The van der Waals surface area contributed by atoms with Crippen molar-refractivity contribution in [2.24, 2.45) is 0 Å². The molecule has 1 rings (SSSR count). The van der Waals surface area contributed by atoms with Crippen LogP contribution in [0.4, 0.5) is 0 Å². The Morgan fingerprint density at radius 3 is 2.31 bits per heavy atom. The fourth-order valence-electron chi connectivity index (χ4n) is 1.86. The smallest absolute Gasteiger partial charge is 0.320 e. The minimum atomic E-state index is -0.387. The number of carbonyl (C=O) groups excluding carboxylic acids is 1. The summed E-state index contributed by atoms with van der Waals surface area (Å²) in [6, 6.07) is 0. The number of carbonyl (C=O) groups is 1. The van der Waals surface area contributed by atoms with E-state index in [2.05, 4.69) is 4.90 Å². The lowest BCUT2D eigenvalue weighted by molar-refractivity contribution is -0.156. The predicted octanol–water partition coefficient (Wildman–Crippen LogP) is 1.44. The second-order valence-corrected chi connectivity index (χ2v) is 5.30. The van der Waals surface area contributed by atoms with E-state index in [1.54, 1.807) is 7.11 Å². The number of likely N-dealkylation sites (tertiary alicyclic amines) is 1. The first-order chi connectivity index (χ1) is 7.40. The van der Waals surface area contributed by atoms with Crippen molar-refractivity contribution in [1.82, 2.24) is 4.90 Å². The molecule has 4 heteroatoms. The van der Waals surface area contributed by atoms with E-state index in [9.17, 15) is 4.79 Å². The lowest BCUT2D eigenvalue weighted by Crippen LogP contribution is -2.41. The molecule has 0 aromatic heterocycles. The average Bonchev–Trinajstić information content (AvgIpc) is 2.16. The van der Waals surface area contributed by atoms with E-state index in [1.807, 2.05) is 20.8 Å². The van der Waals surface area contributed by atoms with Gasteiger partial charge in [-0.3, -0.25) is 9.69 Å². The summed E-state index contributed by atoms with van der Waals surface area (Å²) < 4.78 is 10.6. The molecule has 1 fully saturated rings. The Balaban J connectivity index is 2.26. The number of ether oxygens (including phenoxy) is 2. The number of methoxy groups -OCH3 is 1. The van der Waals surface area contributed by atoms with Crippen LogP contribution in [0.2, 0.25) is 0 Å². The number of rotatable bonds is 3. The standard InChI is InChI=1S/C12H23NO3/c1-12(2,3)16-11(14)9-13-7-5-10(15-4)6-8-13/h10H,5-9H2,1-4H3. The maximum absolute atomic E-state index is 11.6. The lowest BCUT2D eigenvalue weighted by Gasteiger charge is -2.31. The Bertz CT molecular complexity index is 227. The molecular weight excluding hydrogens is 206 g/mol. The van der Waals surface area contributed by atoms with Crippen molar-refractivity contribution in [3.8, 4) is 0 Å². The van der Waals surface area contributed by atoms with Gasteiger partial charge in [-0.1, -0.05) is 0 Å². The first-order valence-corrected chi connectivity index (χ1v) is 5.88. The van der Waals surface area contributed by atoms with Gasteiger partial charge in [0.15, 0.2) is 0 Å². The van der Waals surface area contributed by atoms with Crippen molar-refractivity contribution in [1.29, 1.82) is 0 Å². The highest BCUT2D eigenvalue weighted by atomic mass is 16.6. The van der Waals surface area contributed by atoms with Crippen molar-refractivity contribution < 1.29 is 14.3 Å². The average molecular weight is 229 g/mol. The van der Waals surface area contributed by atoms with Gasteiger partial charge in [0.1, 0.15) is 5.60 Å². The predicted molar refractivity (Wildman–Crippen MR) is 62.3 cm³/mol. The minimum absolute atomic E-state index is 0.136. The SMILES string of the molecule is COC1CCN(CC(=O)OC(C)(C)C)CC1. The number of nitrogens with zero attached hydrogens (tertiary/aromatic N) is 1. The molecule has 4 nitrogen and oxygen atoms in total. The van der Waals surface area contributed by atoms with Gasteiger partial charge in [-0.05, 0) is 33.6 Å². The van der Waals surface area contributed by atoms with Crippen LogP contribution in [0.25, 0.3) is 0 Å². The zero-order valence-corrected chi connectivity index (χ0v) is 10.8. The number of hydrogen-bond donors (Lipinski definition) is 0. The van der Waals surface area contributed by atoms with Gasteiger partial charge in [0.25, 0.3) is 0 Å². The second-order valence-electron chi connectivity index (χ2n) is 5.30. The summed E-state index contributed by atoms with van der Waals surface area (Å²) in [5, 5.41) is 0. The van der Waals surface area contributed by atoms with Crippen LogP contribution in [0.15, 0.2) is 0 Å². The van der Waals surface area contributed by atoms with Gasteiger partial charge >= 0.3 is 5.97 Å². The Hall–Kier alpha value is -0.610.